The fourth-order valence-corrected chi connectivity index (χ4v) is 2.17. The molecule has 1 N–H and O–H groups in total. The summed E-state index contributed by atoms with van der Waals surface area (Å²) in [4.78, 5) is 10.6. The van der Waals surface area contributed by atoms with Gasteiger partial charge in [0, 0.05) is 10.1 Å². The van der Waals surface area contributed by atoms with Gasteiger partial charge >= 0.3 is 0 Å². The van der Waals surface area contributed by atoms with Gasteiger partial charge in [-0.05, 0) is 18.2 Å². The number of aldehydes is 1. The zero-order chi connectivity index (χ0) is 10.1. The summed E-state index contributed by atoms with van der Waals surface area (Å²) < 4.78 is 5.99. The highest BCUT2D eigenvalue weighted by Crippen LogP contribution is 2.34. The Morgan fingerprint density at radius 1 is 1.43 bits per heavy atom. The van der Waals surface area contributed by atoms with Gasteiger partial charge in [0.15, 0.2) is 11.3 Å². The van der Waals surface area contributed by atoms with Gasteiger partial charge in [0.05, 0.1) is 12.7 Å². The van der Waals surface area contributed by atoms with Crippen LogP contribution >= 0.6 is 11.3 Å². The molecule has 1 aromatic heterocycles. The van der Waals surface area contributed by atoms with E-state index >= 15 is 0 Å². The van der Waals surface area contributed by atoms with Crippen molar-refractivity contribution >= 4 is 27.7 Å². The second kappa shape index (κ2) is 3.31. The third-order valence-corrected chi connectivity index (χ3v) is 3.03. The number of hydrogen-bond acceptors (Lipinski definition) is 4. The van der Waals surface area contributed by atoms with Crippen LogP contribution in [0.15, 0.2) is 18.2 Å². The van der Waals surface area contributed by atoms with E-state index in [0.29, 0.717) is 11.8 Å². The number of hydrogen-bond donors (Lipinski definition) is 1. The number of benzene rings is 1. The fourth-order valence-electron chi connectivity index (χ4n) is 1.26. The zero-order valence-corrected chi connectivity index (χ0v) is 8.30. The molecule has 2 rings (SSSR count). The first-order valence-corrected chi connectivity index (χ1v) is 4.82. The summed E-state index contributed by atoms with van der Waals surface area (Å²) in [6.07, 6.45) is 0.640. The molecule has 0 radical (unpaired) electrons. The molecule has 2 aromatic rings. The third-order valence-electron chi connectivity index (χ3n) is 1.97. The molecule has 0 bridgehead atoms. The number of carbonyl (C=O) groups excluding carboxylic acids is 1. The van der Waals surface area contributed by atoms with Crippen LogP contribution in [0.1, 0.15) is 10.4 Å². The van der Waals surface area contributed by atoms with Gasteiger partial charge in [-0.1, -0.05) is 11.3 Å². The highest BCUT2D eigenvalue weighted by Gasteiger charge is 2.06. The SMILES string of the molecule is COc1cc2cc(O)c(C=O)cc2s1. The van der Waals surface area contributed by atoms with E-state index in [-0.39, 0.29) is 5.75 Å². The molecule has 0 saturated heterocycles. The zero-order valence-electron chi connectivity index (χ0n) is 7.48. The summed E-state index contributed by atoms with van der Waals surface area (Å²) >= 11 is 1.44. The van der Waals surface area contributed by atoms with Crippen LogP contribution in [0.3, 0.4) is 0 Å². The van der Waals surface area contributed by atoms with Crippen molar-refractivity contribution in [1.29, 1.82) is 0 Å². The predicted molar refractivity (Wildman–Crippen MR) is 55.4 cm³/mol. The molecule has 4 heteroatoms. The van der Waals surface area contributed by atoms with E-state index in [0.717, 1.165) is 15.1 Å². The number of rotatable bonds is 2. The van der Waals surface area contributed by atoms with Crippen LogP contribution in [0.25, 0.3) is 10.1 Å². The summed E-state index contributed by atoms with van der Waals surface area (Å²) in [6.45, 7) is 0. The number of thiophene rings is 1. The van der Waals surface area contributed by atoms with Gasteiger partial charge in [0.2, 0.25) is 0 Å². The van der Waals surface area contributed by atoms with Crippen molar-refractivity contribution in [3.05, 3.63) is 23.8 Å². The summed E-state index contributed by atoms with van der Waals surface area (Å²) in [5.74, 6) is 0.00736. The molecule has 3 nitrogen and oxygen atoms in total. The minimum absolute atomic E-state index is 0.00736. The lowest BCUT2D eigenvalue weighted by atomic mass is 10.2. The van der Waals surface area contributed by atoms with Gasteiger partial charge in [-0.25, -0.2) is 0 Å². The molecule has 14 heavy (non-hydrogen) atoms. The lowest BCUT2D eigenvalue weighted by Crippen LogP contribution is -1.79. The second-order valence-electron chi connectivity index (χ2n) is 2.84. The number of ether oxygens (including phenoxy) is 1. The number of phenolic OH excluding ortho intramolecular Hbond substituents is 1. The van der Waals surface area contributed by atoms with Crippen LogP contribution in [-0.4, -0.2) is 18.5 Å². The maximum Gasteiger partial charge on any atom is 0.174 e. The maximum atomic E-state index is 10.6. The van der Waals surface area contributed by atoms with Crippen LogP contribution in [0.5, 0.6) is 10.8 Å². The van der Waals surface area contributed by atoms with Crippen LogP contribution < -0.4 is 4.74 Å². The Morgan fingerprint density at radius 3 is 2.86 bits per heavy atom. The second-order valence-corrected chi connectivity index (χ2v) is 3.88. The molecule has 0 fully saturated rings. The minimum Gasteiger partial charge on any atom is -0.507 e. The molecule has 0 aliphatic carbocycles. The highest BCUT2D eigenvalue weighted by molar-refractivity contribution is 7.20. The molecular weight excluding hydrogens is 200 g/mol. The van der Waals surface area contributed by atoms with Crippen LogP contribution in [0.4, 0.5) is 0 Å². The summed E-state index contributed by atoms with van der Waals surface area (Å²) in [7, 11) is 1.59. The van der Waals surface area contributed by atoms with Gasteiger partial charge in [0.1, 0.15) is 5.75 Å². The van der Waals surface area contributed by atoms with Crippen molar-refractivity contribution in [2.24, 2.45) is 0 Å². The van der Waals surface area contributed by atoms with E-state index in [4.69, 9.17) is 4.74 Å². The van der Waals surface area contributed by atoms with Crippen molar-refractivity contribution in [2.45, 2.75) is 0 Å². The average Bonchev–Trinajstić information content (AvgIpc) is 2.58. The van der Waals surface area contributed by atoms with E-state index in [1.165, 1.54) is 11.3 Å². The van der Waals surface area contributed by atoms with Crippen molar-refractivity contribution in [3.63, 3.8) is 0 Å². The largest absolute Gasteiger partial charge is 0.507 e. The van der Waals surface area contributed by atoms with Gasteiger partial charge < -0.3 is 9.84 Å². The standard InChI is InChI=1S/C10H8O3S/c1-13-10-4-6-2-8(12)7(5-11)3-9(6)14-10/h2-5,12H,1H3. The number of fused-ring (bicyclic) bond motifs is 1. The Hall–Kier alpha value is -1.55. The number of aromatic hydroxyl groups is 1. The Labute approximate surface area is 84.6 Å². The Kier molecular flexibility index (Phi) is 2.13. The van der Waals surface area contributed by atoms with E-state index in [1.807, 2.05) is 6.07 Å². The monoisotopic (exact) mass is 208 g/mol. The highest BCUT2D eigenvalue weighted by atomic mass is 32.1. The van der Waals surface area contributed by atoms with Crippen molar-refractivity contribution in [3.8, 4) is 10.8 Å². The molecule has 0 saturated carbocycles. The topological polar surface area (TPSA) is 46.5 Å². The van der Waals surface area contributed by atoms with E-state index < -0.39 is 0 Å². The first-order valence-electron chi connectivity index (χ1n) is 4.00. The Bertz CT molecular complexity index is 487. The molecule has 0 aliphatic rings. The van der Waals surface area contributed by atoms with Crippen LogP contribution in [-0.2, 0) is 0 Å². The first-order chi connectivity index (χ1) is 6.74. The molecular formula is C10H8O3S. The molecule has 1 aromatic carbocycles. The molecule has 72 valence electrons. The number of carbonyl (C=O) groups is 1. The van der Waals surface area contributed by atoms with Gasteiger partial charge in [-0.3, -0.25) is 4.79 Å². The number of phenols is 1. The van der Waals surface area contributed by atoms with Crippen molar-refractivity contribution < 1.29 is 14.6 Å². The lowest BCUT2D eigenvalue weighted by Gasteiger charge is -1.95. The molecule has 0 amide bonds. The normalized spacial score (nSPS) is 10.4. The predicted octanol–water partition coefficient (Wildman–Crippen LogP) is 2.43. The minimum atomic E-state index is 0.00736. The molecule has 0 aliphatic heterocycles. The average molecular weight is 208 g/mol. The van der Waals surface area contributed by atoms with E-state index in [2.05, 4.69) is 0 Å². The van der Waals surface area contributed by atoms with E-state index in [1.54, 1.807) is 19.2 Å². The van der Waals surface area contributed by atoms with Crippen molar-refractivity contribution in [1.82, 2.24) is 0 Å². The summed E-state index contributed by atoms with van der Waals surface area (Å²) in [5, 5.41) is 11.1. The smallest absolute Gasteiger partial charge is 0.174 e. The lowest BCUT2D eigenvalue weighted by molar-refractivity contribution is 0.112. The quantitative estimate of drug-likeness (QED) is 0.771. The Balaban J connectivity index is 2.69. The summed E-state index contributed by atoms with van der Waals surface area (Å²) in [5.41, 5.74) is 0.307. The van der Waals surface area contributed by atoms with Crippen LogP contribution in [0.2, 0.25) is 0 Å². The number of methoxy groups -OCH3 is 1. The molecule has 0 spiro atoms. The summed E-state index contributed by atoms with van der Waals surface area (Å²) in [6, 6.07) is 5.05. The van der Waals surface area contributed by atoms with Crippen LogP contribution in [0, 0.1) is 0 Å². The van der Waals surface area contributed by atoms with Gasteiger partial charge in [-0.15, -0.1) is 0 Å². The van der Waals surface area contributed by atoms with Crippen molar-refractivity contribution in [2.75, 3.05) is 7.11 Å². The molecule has 0 atom stereocenters. The van der Waals surface area contributed by atoms with Gasteiger partial charge in [0.25, 0.3) is 0 Å². The fraction of sp³-hybridized carbons (Fsp3) is 0.100. The molecule has 1 heterocycles. The first kappa shape index (κ1) is 9.02. The molecule has 0 unspecified atom stereocenters. The van der Waals surface area contributed by atoms with E-state index in [9.17, 15) is 9.90 Å². The maximum absolute atomic E-state index is 10.6. The Morgan fingerprint density at radius 2 is 2.21 bits per heavy atom. The third kappa shape index (κ3) is 1.33. The van der Waals surface area contributed by atoms with Gasteiger partial charge in [-0.2, -0.15) is 0 Å².